The first-order valence-electron chi connectivity index (χ1n) is 6.35. The molecule has 0 aliphatic heterocycles. The second-order valence-electron chi connectivity index (χ2n) is 4.35. The van der Waals surface area contributed by atoms with Crippen LogP contribution >= 0.6 is 0 Å². The van der Waals surface area contributed by atoms with E-state index >= 15 is 0 Å². The molecule has 1 aromatic carbocycles. The predicted molar refractivity (Wildman–Crippen MR) is 77.6 cm³/mol. The Labute approximate surface area is 123 Å². The Morgan fingerprint density at radius 1 is 1.33 bits per heavy atom. The van der Waals surface area contributed by atoms with Crippen LogP contribution in [0.1, 0.15) is 12.0 Å². The molecule has 0 bridgehead atoms. The molecule has 0 aliphatic carbocycles. The number of aliphatic carboxylic acids is 1. The van der Waals surface area contributed by atoms with Gasteiger partial charge in [0.2, 0.25) is 5.91 Å². The molecule has 6 heteroatoms. The van der Waals surface area contributed by atoms with Crippen LogP contribution in [0.3, 0.4) is 0 Å². The molecule has 1 unspecified atom stereocenters. The van der Waals surface area contributed by atoms with Crippen LogP contribution in [-0.2, 0) is 16.0 Å². The van der Waals surface area contributed by atoms with Crippen molar-refractivity contribution < 1.29 is 24.2 Å². The van der Waals surface area contributed by atoms with Crippen LogP contribution in [0, 0.1) is 0 Å². The number of hydrogen-bond acceptors (Lipinski definition) is 4. The highest BCUT2D eigenvalue weighted by Gasteiger charge is 2.18. The molecule has 0 saturated heterocycles. The number of amides is 1. The number of rotatable bonds is 8. The number of carbonyl (C=O) groups excluding carboxylic acids is 1. The molecule has 0 aliphatic rings. The molecular weight excluding hydrogens is 274 g/mol. The standard InChI is InChI=1S/C15H19NO5/c1-4-5-11(15(18)19)16-14(17)9-10-6-7-12(20-2)13(8-10)21-3/h4,6-8,11H,1,5,9H2,2-3H3,(H,16,17)(H,18,19). The molecule has 0 heterocycles. The lowest BCUT2D eigenvalue weighted by molar-refractivity contribution is -0.141. The highest BCUT2D eigenvalue weighted by Crippen LogP contribution is 2.27. The van der Waals surface area contributed by atoms with E-state index in [4.69, 9.17) is 14.6 Å². The second kappa shape index (κ2) is 7.94. The molecule has 6 nitrogen and oxygen atoms in total. The highest BCUT2D eigenvalue weighted by atomic mass is 16.5. The molecule has 1 amide bonds. The smallest absolute Gasteiger partial charge is 0.326 e. The maximum absolute atomic E-state index is 11.9. The summed E-state index contributed by atoms with van der Waals surface area (Å²) in [7, 11) is 3.03. The van der Waals surface area contributed by atoms with Gasteiger partial charge in [-0.25, -0.2) is 4.79 Å². The van der Waals surface area contributed by atoms with Gasteiger partial charge in [0.1, 0.15) is 6.04 Å². The number of benzene rings is 1. The van der Waals surface area contributed by atoms with Crippen molar-refractivity contribution in [2.24, 2.45) is 0 Å². The van der Waals surface area contributed by atoms with E-state index in [1.807, 2.05) is 0 Å². The summed E-state index contributed by atoms with van der Waals surface area (Å²) in [6.45, 7) is 3.47. The summed E-state index contributed by atoms with van der Waals surface area (Å²) in [5.74, 6) is -0.382. The molecule has 0 spiro atoms. The number of hydrogen-bond donors (Lipinski definition) is 2. The van der Waals surface area contributed by atoms with Crippen LogP contribution in [0.5, 0.6) is 11.5 Å². The van der Waals surface area contributed by atoms with Gasteiger partial charge in [-0.05, 0) is 24.1 Å². The number of carboxylic acids is 1. The summed E-state index contributed by atoms with van der Waals surface area (Å²) in [5.41, 5.74) is 0.702. The van der Waals surface area contributed by atoms with Crippen LogP contribution in [-0.4, -0.2) is 37.2 Å². The quantitative estimate of drug-likeness (QED) is 0.708. The van der Waals surface area contributed by atoms with Gasteiger partial charge in [0.15, 0.2) is 11.5 Å². The van der Waals surface area contributed by atoms with E-state index in [1.54, 1.807) is 18.2 Å². The molecule has 1 rings (SSSR count). The third-order valence-electron chi connectivity index (χ3n) is 2.85. The molecule has 0 saturated carbocycles. The summed E-state index contributed by atoms with van der Waals surface area (Å²) in [5, 5.41) is 11.4. The number of ether oxygens (including phenoxy) is 2. The molecule has 1 aromatic rings. The zero-order valence-electron chi connectivity index (χ0n) is 12.1. The van der Waals surface area contributed by atoms with Crippen LogP contribution < -0.4 is 14.8 Å². The molecule has 1 atom stereocenters. The Hall–Kier alpha value is -2.50. The van der Waals surface area contributed by atoms with Gasteiger partial charge < -0.3 is 19.9 Å². The molecule has 2 N–H and O–H groups in total. The van der Waals surface area contributed by atoms with Crippen molar-refractivity contribution in [2.75, 3.05) is 14.2 Å². The SMILES string of the molecule is C=CCC(NC(=O)Cc1ccc(OC)c(OC)c1)C(=O)O. The highest BCUT2D eigenvalue weighted by molar-refractivity contribution is 5.85. The molecule has 0 fully saturated rings. The first-order valence-corrected chi connectivity index (χ1v) is 6.35. The second-order valence-corrected chi connectivity index (χ2v) is 4.35. The van der Waals surface area contributed by atoms with Crippen LogP contribution in [0.15, 0.2) is 30.9 Å². The van der Waals surface area contributed by atoms with Crippen molar-refractivity contribution in [2.45, 2.75) is 18.9 Å². The largest absolute Gasteiger partial charge is 0.493 e. The van der Waals surface area contributed by atoms with E-state index in [9.17, 15) is 9.59 Å². The van der Waals surface area contributed by atoms with Crippen molar-refractivity contribution in [1.82, 2.24) is 5.32 Å². The van der Waals surface area contributed by atoms with Gasteiger partial charge in [0, 0.05) is 0 Å². The van der Waals surface area contributed by atoms with E-state index in [1.165, 1.54) is 20.3 Å². The van der Waals surface area contributed by atoms with E-state index in [0.717, 1.165) is 0 Å². The number of carboxylic acid groups (broad SMARTS) is 1. The van der Waals surface area contributed by atoms with Crippen molar-refractivity contribution in [3.63, 3.8) is 0 Å². The Balaban J connectivity index is 2.74. The van der Waals surface area contributed by atoms with Crippen LogP contribution in [0.2, 0.25) is 0 Å². The van der Waals surface area contributed by atoms with E-state index in [-0.39, 0.29) is 18.7 Å². The maximum atomic E-state index is 11.9. The minimum atomic E-state index is -1.09. The molecule has 114 valence electrons. The summed E-state index contributed by atoms with van der Waals surface area (Å²) in [6.07, 6.45) is 1.68. The third-order valence-corrected chi connectivity index (χ3v) is 2.85. The molecule has 0 aromatic heterocycles. The summed E-state index contributed by atoms with van der Waals surface area (Å²) < 4.78 is 10.3. The minimum absolute atomic E-state index is 0.0568. The lowest BCUT2D eigenvalue weighted by atomic mass is 10.1. The van der Waals surface area contributed by atoms with Gasteiger partial charge in [0.05, 0.1) is 20.6 Å². The zero-order valence-corrected chi connectivity index (χ0v) is 12.1. The third kappa shape index (κ3) is 4.83. The number of methoxy groups -OCH3 is 2. The summed E-state index contributed by atoms with van der Waals surface area (Å²) in [6, 6.07) is 4.14. The van der Waals surface area contributed by atoms with Gasteiger partial charge >= 0.3 is 5.97 Å². The predicted octanol–water partition coefficient (Wildman–Crippen LogP) is 1.39. The van der Waals surface area contributed by atoms with Crippen LogP contribution in [0.4, 0.5) is 0 Å². The Bertz CT molecular complexity index is 527. The summed E-state index contributed by atoms with van der Waals surface area (Å²) in [4.78, 5) is 22.8. The maximum Gasteiger partial charge on any atom is 0.326 e. The lowest BCUT2D eigenvalue weighted by Gasteiger charge is -2.13. The lowest BCUT2D eigenvalue weighted by Crippen LogP contribution is -2.41. The van der Waals surface area contributed by atoms with Crippen molar-refractivity contribution in [3.05, 3.63) is 36.4 Å². The van der Waals surface area contributed by atoms with E-state index < -0.39 is 12.0 Å². The number of carbonyl (C=O) groups is 2. The fraction of sp³-hybridized carbons (Fsp3) is 0.333. The Morgan fingerprint density at radius 2 is 2.00 bits per heavy atom. The zero-order chi connectivity index (χ0) is 15.8. The number of nitrogens with one attached hydrogen (secondary N) is 1. The van der Waals surface area contributed by atoms with Gasteiger partial charge in [-0.15, -0.1) is 6.58 Å². The minimum Gasteiger partial charge on any atom is -0.493 e. The van der Waals surface area contributed by atoms with Gasteiger partial charge in [-0.2, -0.15) is 0 Å². The van der Waals surface area contributed by atoms with E-state index in [0.29, 0.717) is 17.1 Å². The van der Waals surface area contributed by atoms with Crippen molar-refractivity contribution in [1.29, 1.82) is 0 Å². The van der Waals surface area contributed by atoms with E-state index in [2.05, 4.69) is 11.9 Å². The monoisotopic (exact) mass is 293 g/mol. The fourth-order valence-electron chi connectivity index (χ4n) is 1.81. The van der Waals surface area contributed by atoms with Gasteiger partial charge in [-0.3, -0.25) is 4.79 Å². The first kappa shape index (κ1) is 16.6. The van der Waals surface area contributed by atoms with Gasteiger partial charge in [-0.1, -0.05) is 12.1 Å². The fourth-order valence-corrected chi connectivity index (χ4v) is 1.81. The van der Waals surface area contributed by atoms with Crippen LogP contribution in [0.25, 0.3) is 0 Å². The van der Waals surface area contributed by atoms with Crippen molar-refractivity contribution in [3.8, 4) is 11.5 Å². The average molecular weight is 293 g/mol. The average Bonchev–Trinajstić information content (AvgIpc) is 2.46. The Morgan fingerprint density at radius 3 is 2.52 bits per heavy atom. The van der Waals surface area contributed by atoms with Crippen molar-refractivity contribution >= 4 is 11.9 Å². The Kier molecular flexibility index (Phi) is 6.26. The molecule has 21 heavy (non-hydrogen) atoms. The first-order chi connectivity index (χ1) is 10.0. The molecule has 0 radical (unpaired) electrons. The normalized spacial score (nSPS) is 11.3. The van der Waals surface area contributed by atoms with Gasteiger partial charge in [0.25, 0.3) is 0 Å². The topological polar surface area (TPSA) is 84.9 Å². The summed E-state index contributed by atoms with van der Waals surface area (Å²) >= 11 is 0. The molecular formula is C15H19NO5.